The summed E-state index contributed by atoms with van der Waals surface area (Å²) in [5.74, 6) is 2.59. The molecule has 180 valence electrons. The predicted molar refractivity (Wildman–Crippen MR) is 113 cm³/mol. The van der Waals surface area contributed by atoms with Crippen LogP contribution in [-0.2, 0) is 19.3 Å². The van der Waals surface area contributed by atoms with Gasteiger partial charge in [-0.2, -0.15) is 0 Å². The Morgan fingerprint density at radius 1 is 1.09 bits per heavy atom. The highest BCUT2D eigenvalue weighted by Crippen LogP contribution is 2.37. The van der Waals surface area contributed by atoms with Crippen LogP contribution in [0.5, 0.6) is 5.75 Å². The van der Waals surface area contributed by atoms with Crippen LogP contribution < -0.4 is 9.46 Å². The minimum atomic E-state index is -4.36. The Bertz CT molecular complexity index is 926. The lowest BCUT2D eigenvalue weighted by molar-refractivity contribution is -0.272. The molecule has 1 aliphatic rings. The molecule has 0 radical (unpaired) electrons. The number of unbranched alkanes of at least 4 members (excludes halogenated alkanes) is 2. The number of hydrogen-bond donors (Lipinski definition) is 6. The molecule has 0 unspecified atom stereocenters. The Balaban J connectivity index is 2.00. The molecule has 1 fully saturated rings. The fourth-order valence-corrected chi connectivity index (χ4v) is 4.69. The highest BCUT2D eigenvalue weighted by atomic mass is 32.2. The minimum Gasteiger partial charge on any atom is -0.462 e. The Labute approximate surface area is 186 Å². The van der Waals surface area contributed by atoms with E-state index in [9.17, 15) is 28.3 Å². The predicted octanol–water partition coefficient (Wildman–Crippen LogP) is -0.477. The van der Waals surface area contributed by atoms with Crippen LogP contribution in [0, 0.1) is 12.3 Å². The zero-order chi connectivity index (χ0) is 23.9. The van der Waals surface area contributed by atoms with E-state index in [2.05, 4.69) is 10.6 Å². The Morgan fingerprint density at radius 3 is 2.34 bits per heavy atom. The monoisotopic (exact) mass is 493 g/mol. The molecule has 0 bridgehead atoms. The minimum absolute atomic E-state index is 0.0121. The summed E-state index contributed by atoms with van der Waals surface area (Å²) in [5, 5.41) is 30.2. The number of sulfonamides is 1. The average Bonchev–Trinajstić information content (AvgIpc) is 2.73. The zero-order valence-electron chi connectivity index (χ0n) is 17.1. The van der Waals surface area contributed by atoms with E-state index in [1.165, 1.54) is 24.3 Å². The summed E-state index contributed by atoms with van der Waals surface area (Å²) in [6.07, 6.45) is -1.40. The Hall–Kier alpha value is -1.52. The van der Waals surface area contributed by atoms with Gasteiger partial charge in [-0.15, -0.1) is 12.3 Å². The summed E-state index contributed by atoms with van der Waals surface area (Å²) in [6, 6.07) is 5.21. The van der Waals surface area contributed by atoms with Gasteiger partial charge in [-0.3, -0.25) is 4.57 Å². The average molecular weight is 493 g/mol. The lowest BCUT2D eigenvalue weighted by Gasteiger charge is -2.40. The number of nitrogens with one attached hydrogen (secondary N) is 1. The Kier molecular flexibility index (Phi) is 9.66. The molecule has 0 saturated carbocycles. The van der Waals surface area contributed by atoms with Crippen LogP contribution in [-0.4, -0.2) is 76.9 Å². The molecule has 5 atom stereocenters. The van der Waals surface area contributed by atoms with Crippen molar-refractivity contribution in [2.45, 2.75) is 61.3 Å². The number of terminal acetylenes is 1. The molecule has 13 heteroatoms. The molecular formula is C19H28NO10PS. The Morgan fingerprint density at radius 2 is 1.75 bits per heavy atom. The summed E-state index contributed by atoms with van der Waals surface area (Å²) >= 11 is 0. The molecule has 1 heterocycles. The van der Waals surface area contributed by atoms with Crippen molar-refractivity contribution in [3.63, 3.8) is 0 Å². The smallest absolute Gasteiger partial charge is 0.325 e. The first-order chi connectivity index (χ1) is 14.9. The number of hydrogen-bond acceptors (Lipinski definition) is 8. The number of ether oxygens (including phenoxy) is 2. The molecule has 0 amide bonds. The summed E-state index contributed by atoms with van der Waals surface area (Å²) in [7, 11) is -8.10. The molecule has 1 aromatic carbocycles. The standard InChI is InChI=1S/C19H28NO10PS/c1-2-3-4-5-11-20-32(27,28)14-8-6-13(7-9-14)29-19-18(23)17(22)16(21)15(30-19)10-12-31(24,25)26/h1,6-9,15-23H,3-5,10-12H2,(H2,24,25,26)/t15-,16-,17+,18+,19+/m1/s1. The molecule has 32 heavy (non-hydrogen) atoms. The van der Waals surface area contributed by atoms with Crippen LogP contribution in [0.3, 0.4) is 0 Å². The van der Waals surface area contributed by atoms with Crippen molar-refractivity contribution < 1.29 is 47.6 Å². The molecular weight excluding hydrogens is 465 g/mol. The van der Waals surface area contributed by atoms with E-state index in [4.69, 9.17) is 25.7 Å². The van der Waals surface area contributed by atoms with Gasteiger partial charge in [0.2, 0.25) is 16.3 Å². The van der Waals surface area contributed by atoms with Crippen molar-refractivity contribution in [1.82, 2.24) is 4.72 Å². The van der Waals surface area contributed by atoms with Crippen molar-refractivity contribution in [3.8, 4) is 18.1 Å². The molecule has 6 N–H and O–H groups in total. The second-order valence-electron chi connectivity index (χ2n) is 7.34. The molecule has 0 aliphatic carbocycles. The summed E-state index contributed by atoms with van der Waals surface area (Å²) in [5.41, 5.74) is 0. The SMILES string of the molecule is C#CCCCCNS(=O)(=O)c1ccc(O[C@H]2O[C@H](CCP(=O)(O)O)[C@@H](O)[C@H](O)[C@@H]2O)cc1. The third-order valence-electron chi connectivity index (χ3n) is 4.80. The first-order valence-electron chi connectivity index (χ1n) is 9.88. The van der Waals surface area contributed by atoms with Crippen molar-refractivity contribution in [1.29, 1.82) is 0 Å². The van der Waals surface area contributed by atoms with E-state index in [-0.39, 0.29) is 23.6 Å². The summed E-state index contributed by atoms with van der Waals surface area (Å²) in [6.45, 7) is 0.237. The zero-order valence-corrected chi connectivity index (χ0v) is 18.9. The molecule has 0 spiro atoms. The van der Waals surface area contributed by atoms with Crippen molar-refractivity contribution >= 4 is 17.6 Å². The fourth-order valence-electron chi connectivity index (χ4n) is 3.02. The van der Waals surface area contributed by atoms with Crippen LogP contribution in [0.1, 0.15) is 25.7 Å². The van der Waals surface area contributed by atoms with Crippen molar-refractivity contribution in [2.24, 2.45) is 0 Å². The quantitative estimate of drug-likeness (QED) is 0.134. The molecule has 11 nitrogen and oxygen atoms in total. The highest BCUT2D eigenvalue weighted by molar-refractivity contribution is 7.89. The van der Waals surface area contributed by atoms with Crippen LogP contribution in [0.4, 0.5) is 0 Å². The number of rotatable bonds is 11. The first kappa shape index (κ1) is 26.7. The lowest BCUT2D eigenvalue weighted by atomic mass is 9.97. The number of benzene rings is 1. The molecule has 2 rings (SSSR count). The third-order valence-corrected chi connectivity index (χ3v) is 7.12. The largest absolute Gasteiger partial charge is 0.462 e. The maximum atomic E-state index is 12.3. The van der Waals surface area contributed by atoms with E-state index >= 15 is 0 Å². The van der Waals surface area contributed by atoms with Gasteiger partial charge < -0.3 is 34.6 Å². The van der Waals surface area contributed by atoms with Gasteiger partial charge in [0.15, 0.2) is 0 Å². The summed E-state index contributed by atoms with van der Waals surface area (Å²) in [4.78, 5) is 18.0. The van der Waals surface area contributed by atoms with E-state index in [0.717, 1.165) is 0 Å². The van der Waals surface area contributed by atoms with E-state index in [0.29, 0.717) is 19.3 Å². The van der Waals surface area contributed by atoms with Gasteiger partial charge in [0.25, 0.3) is 0 Å². The fraction of sp³-hybridized carbons (Fsp3) is 0.579. The third kappa shape index (κ3) is 7.81. The topological polar surface area (TPSA) is 183 Å². The maximum absolute atomic E-state index is 12.3. The molecule has 1 aromatic rings. The second-order valence-corrected chi connectivity index (χ2v) is 10.9. The summed E-state index contributed by atoms with van der Waals surface area (Å²) < 4.78 is 49.0. The normalized spacial score (nSPS) is 26.4. The first-order valence-corrected chi connectivity index (χ1v) is 13.2. The van der Waals surface area contributed by atoms with Gasteiger partial charge in [0, 0.05) is 13.0 Å². The molecule has 1 aliphatic heterocycles. The van der Waals surface area contributed by atoms with Gasteiger partial charge in [0.1, 0.15) is 24.1 Å². The van der Waals surface area contributed by atoms with Gasteiger partial charge in [-0.05, 0) is 43.5 Å². The van der Waals surface area contributed by atoms with Gasteiger partial charge >= 0.3 is 7.60 Å². The van der Waals surface area contributed by atoms with E-state index in [1.54, 1.807) is 0 Å². The van der Waals surface area contributed by atoms with Crippen LogP contribution in [0.15, 0.2) is 29.2 Å². The van der Waals surface area contributed by atoms with Crippen LogP contribution in [0.25, 0.3) is 0 Å². The van der Waals surface area contributed by atoms with Gasteiger partial charge in [-0.25, -0.2) is 13.1 Å². The van der Waals surface area contributed by atoms with E-state index in [1.807, 2.05) is 0 Å². The maximum Gasteiger partial charge on any atom is 0.325 e. The number of aliphatic hydroxyl groups excluding tert-OH is 3. The second kappa shape index (κ2) is 11.6. The van der Waals surface area contributed by atoms with Crippen LogP contribution in [0.2, 0.25) is 0 Å². The molecule has 0 aromatic heterocycles. The van der Waals surface area contributed by atoms with Gasteiger partial charge in [-0.1, -0.05) is 0 Å². The van der Waals surface area contributed by atoms with Crippen molar-refractivity contribution in [3.05, 3.63) is 24.3 Å². The van der Waals surface area contributed by atoms with E-state index < -0.39 is 54.5 Å². The highest BCUT2D eigenvalue weighted by Gasteiger charge is 2.45. The molecule has 1 saturated heterocycles. The van der Waals surface area contributed by atoms with Crippen molar-refractivity contribution in [2.75, 3.05) is 12.7 Å². The number of aliphatic hydroxyl groups is 3. The lowest BCUT2D eigenvalue weighted by Crippen LogP contribution is -2.59. The van der Waals surface area contributed by atoms with Gasteiger partial charge in [0.05, 0.1) is 17.2 Å². The van der Waals surface area contributed by atoms with Crippen LogP contribution >= 0.6 is 7.60 Å².